The average Bonchev–Trinajstić information content (AvgIpc) is 2.21. The smallest absolute Gasteiger partial charge is 0.378 e. The van der Waals surface area contributed by atoms with E-state index in [0.717, 1.165) is 0 Å². The van der Waals surface area contributed by atoms with Crippen molar-refractivity contribution < 1.29 is 19.0 Å². The van der Waals surface area contributed by atoms with E-state index < -0.39 is 12.3 Å². The summed E-state index contributed by atoms with van der Waals surface area (Å²) in [6.07, 6.45) is -2.42. The van der Waals surface area contributed by atoms with Gasteiger partial charge in [-0.1, -0.05) is 6.07 Å². The first kappa shape index (κ1) is 11.0. The summed E-state index contributed by atoms with van der Waals surface area (Å²) in [7, 11) is 0. The van der Waals surface area contributed by atoms with E-state index in [4.69, 9.17) is 10.4 Å². The Morgan fingerprint density at radius 3 is 2.87 bits per heavy atom. The Balaban J connectivity index is 2.94. The van der Waals surface area contributed by atoms with Crippen molar-refractivity contribution in [3.05, 3.63) is 29.3 Å². The van der Waals surface area contributed by atoms with Gasteiger partial charge >= 0.3 is 12.3 Å². The van der Waals surface area contributed by atoms with Gasteiger partial charge in [0.15, 0.2) is 0 Å². The molecule has 0 saturated heterocycles. The number of carboxylic acid groups (broad SMARTS) is 1. The number of nitrogens with zero attached hydrogens (tertiary/aromatic N) is 1. The topological polar surface area (TPSA) is 70.3 Å². The lowest BCUT2D eigenvalue weighted by molar-refractivity contribution is -0.153. The second kappa shape index (κ2) is 4.42. The molecule has 1 atom stereocenters. The maximum absolute atomic E-state index is 12.7. The van der Waals surface area contributed by atoms with Gasteiger partial charge < -0.3 is 9.84 Å². The summed E-state index contributed by atoms with van der Waals surface area (Å²) in [5, 5.41) is 16.9. The van der Waals surface area contributed by atoms with Gasteiger partial charge in [-0.3, -0.25) is 0 Å². The van der Waals surface area contributed by atoms with E-state index in [1.54, 1.807) is 13.0 Å². The fraction of sp³-hybridized carbons (Fsp3) is 0.200. The number of hydrogen-bond donors (Lipinski definition) is 1. The monoisotopic (exact) mass is 209 g/mol. The van der Waals surface area contributed by atoms with E-state index >= 15 is 0 Å². The molecule has 1 unspecified atom stereocenters. The molecule has 0 aliphatic heterocycles. The fourth-order valence-corrected chi connectivity index (χ4v) is 0.958. The van der Waals surface area contributed by atoms with Crippen LogP contribution in [0.15, 0.2) is 18.2 Å². The first-order valence-corrected chi connectivity index (χ1v) is 4.09. The SMILES string of the molecule is Cc1ccc(C#N)cc1OC(F)C(=O)O. The van der Waals surface area contributed by atoms with Gasteiger partial charge in [-0.15, -0.1) is 0 Å². The van der Waals surface area contributed by atoms with Crippen LogP contribution in [0.4, 0.5) is 4.39 Å². The van der Waals surface area contributed by atoms with E-state index in [2.05, 4.69) is 4.74 Å². The molecular formula is C10H8FNO3. The van der Waals surface area contributed by atoms with E-state index in [0.29, 0.717) is 5.56 Å². The number of carboxylic acids is 1. The van der Waals surface area contributed by atoms with Crippen LogP contribution >= 0.6 is 0 Å². The minimum absolute atomic E-state index is 0.0592. The number of alkyl halides is 1. The molecule has 78 valence electrons. The average molecular weight is 209 g/mol. The normalized spacial score (nSPS) is 11.5. The van der Waals surface area contributed by atoms with Gasteiger partial charge in [0.25, 0.3) is 0 Å². The predicted octanol–water partition coefficient (Wildman–Crippen LogP) is 1.63. The summed E-state index contributed by atoms with van der Waals surface area (Å²) in [6.45, 7) is 1.63. The highest BCUT2D eigenvalue weighted by atomic mass is 19.1. The van der Waals surface area contributed by atoms with Crippen molar-refractivity contribution in [2.24, 2.45) is 0 Å². The van der Waals surface area contributed by atoms with E-state index in [1.807, 2.05) is 6.07 Å². The number of rotatable bonds is 3. The van der Waals surface area contributed by atoms with Crippen LogP contribution in [0.2, 0.25) is 0 Å². The number of carbonyl (C=O) groups is 1. The first-order valence-electron chi connectivity index (χ1n) is 4.09. The third-order valence-corrected chi connectivity index (χ3v) is 1.74. The molecule has 0 spiro atoms. The quantitative estimate of drug-likeness (QED) is 0.821. The van der Waals surface area contributed by atoms with Gasteiger partial charge in [0.05, 0.1) is 11.6 Å². The molecule has 1 aromatic rings. The Hall–Kier alpha value is -2.09. The molecule has 0 aromatic heterocycles. The highest BCUT2D eigenvalue weighted by molar-refractivity contribution is 5.71. The third-order valence-electron chi connectivity index (χ3n) is 1.74. The van der Waals surface area contributed by atoms with Crippen LogP contribution in [0, 0.1) is 18.3 Å². The predicted molar refractivity (Wildman–Crippen MR) is 49.1 cm³/mol. The molecule has 0 bridgehead atoms. The zero-order valence-corrected chi connectivity index (χ0v) is 7.90. The molecule has 5 heteroatoms. The van der Waals surface area contributed by atoms with E-state index in [-0.39, 0.29) is 11.3 Å². The molecule has 1 N–H and O–H groups in total. The van der Waals surface area contributed by atoms with Gasteiger partial charge in [-0.2, -0.15) is 9.65 Å². The Morgan fingerprint density at radius 2 is 2.33 bits per heavy atom. The molecule has 1 rings (SSSR count). The number of aliphatic carboxylic acids is 1. The van der Waals surface area contributed by atoms with Crippen molar-refractivity contribution >= 4 is 5.97 Å². The number of benzene rings is 1. The molecule has 0 fully saturated rings. The summed E-state index contributed by atoms with van der Waals surface area (Å²) in [6, 6.07) is 6.24. The number of aryl methyl sites for hydroxylation is 1. The maximum Gasteiger partial charge on any atom is 0.378 e. The molecule has 0 radical (unpaired) electrons. The minimum atomic E-state index is -2.42. The summed E-state index contributed by atoms with van der Waals surface area (Å²) in [4.78, 5) is 10.2. The lowest BCUT2D eigenvalue weighted by atomic mass is 10.1. The standard InChI is InChI=1S/C10H8FNO3/c1-6-2-3-7(5-12)4-8(6)15-9(11)10(13)14/h2-4,9H,1H3,(H,13,14). The lowest BCUT2D eigenvalue weighted by Gasteiger charge is -2.09. The Morgan fingerprint density at radius 1 is 1.67 bits per heavy atom. The lowest BCUT2D eigenvalue weighted by Crippen LogP contribution is -2.21. The van der Waals surface area contributed by atoms with Crippen molar-refractivity contribution in [1.82, 2.24) is 0 Å². The molecule has 1 aromatic carbocycles. The number of hydrogen-bond acceptors (Lipinski definition) is 3. The van der Waals surface area contributed by atoms with Gasteiger partial charge in [0.2, 0.25) is 0 Å². The summed E-state index contributed by atoms with van der Waals surface area (Å²) in [5.41, 5.74) is 0.853. The molecule has 4 nitrogen and oxygen atoms in total. The number of nitriles is 1. The van der Waals surface area contributed by atoms with Crippen LogP contribution in [0.25, 0.3) is 0 Å². The second-order valence-electron chi connectivity index (χ2n) is 2.86. The highest BCUT2D eigenvalue weighted by Crippen LogP contribution is 2.20. The molecular weight excluding hydrogens is 201 g/mol. The van der Waals surface area contributed by atoms with Gasteiger partial charge in [-0.25, -0.2) is 4.79 Å². The summed E-state index contributed by atoms with van der Waals surface area (Å²) in [5.74, 6) is -1.64. The Kier molecular flexibility index (Phi) is 3.24. The molecule has 0 amide bonds. The molecule has 15 heavy (non-hydrogen) atoms. The highest BCUT2D eigenvalue weighted by Gasteiger charge is 2.18. The summed E-state index contributed by atoms with van der Waals surface area (Å²) < 4.78 is 17.3. The van der Waals surface area contributed by atoms with Crippen molar-refractivity contribution in [3.63, 3.8) is 0 Å². The molecule has 0 aliphatic rings. The zero-order chi connectivity index (χ0) is 11.4. The van der Waals surface area contributed by atoms with Gasteiger partial charge in [0, 0.05) is 0 Å². The molecule has 0 aliphatic carbocycles. The number of halogens is 1. The van der Waals surface area contributed by atoms with Crippen molar-refractivity contribution in [2.75, 3.05) is 0 Å². The van der Waals surface area contributed by atoms with Crippen molar-refractivity contribution in [2.45, 2.75) is 13.3 Å². The largest absolute Gasteiger partial charge is 0.476 e. The van der Waals surface area contributed by atoms with Crippen LogP contribution in [-0.2, 0) is 4.79 Å². The van der Waals surface area contributed by atoms with Crippen LogP contribution in [-0.4, -0.2) is 17.4 Å². The molecule has 0 heterocycles. The van der Waals surface area contributed by atoms with Crippen LogP contribution in [0.1, 0.15) is 11.1 Å². The van der Waals surface area contributed by atoms with Crippen LogP contribution in [0.5, 0.6) is 5.75 Å². The Labute approximate surface area is 85.5 Å². The first-order chi connectivity index (χ1) is 7.04. The van der Waals surface area contributed by atoms with E-state index in [1.165, 1.54) is 12.1 Å². The van der Waals surface area contributed by atoms with Crippen molar-refractivity contribution in [3.8, 4) is 11.8 Å². The minimum Gasteiger partial charge on any atom is -0.476 e. The second-order valence-corrected chi connectivity index (χ2v) is 2.86. The van der Waals surface area contributed by atoms with Crippen LogP contribution in [0.3, 0.4) is 0 Å². The summed E-state index contributed by atoms with van der Waals surface area (Å²) >= 11 is 0. The maximum atomic E-state index is 12.7. The third kappa shape index (κ3) is 2.68. The fourth-order valence-electron chi connectivity index (χ4n) is 0.958. The van der Waals surface area contributed by atoms with Crippen molar-refractivity contribution in [1.29, 1.82) is 5.26 Å². The Bertz CT molecular complexity index is 425. The van der Waals surface area contributed by atoms with E-state index in [9.17, 15) is 9.18 Å². The zero-order valence-electron chi connectivity index (χ0n) is 7.90. The molecule has 0 saturated carbocycles. The number of ether oxygens (including phenoxy) is 1. The van der Waals surface area contributed by atoms with Crippen LogP contribution < -0.4 is 4.74 Å². The van der Waals surface area contributed by atoms with Gasteiger partial charge in [-0.05, 0) is 24.6 Å². The van der Waals surface area contributed by atoms with Gasteiger partial charge in [0.1, 0.15) is 5.75 Å².